The number of halogens is 1. The van der Waals surface area contributed by atoms with Gasteiger partial charge in [-0.3, -0.25) is 4.57 Å². The Morgan fingerprint density at radius 3 is 2.13 bits per heavy atom. The van der Waals surface area contributed by atoms with E-state index in [0.29, 0.717) is 5.69 Å². The van der Waals surface area contributed by atoms with E-state index in [1.807, 2.05) is 59.5 Å². The van der Waals surface area contributed by atoms with E-state index in [-0.39, 0.29) is 19.0 Å². The third-order valence-corrected chi connectivity index (χ3v) is 7.51. The van der Waals surface area contributed by atoms with E-state index in [9.17, 15) is 8.96 Å². The molecule has 3 aromatic rings. The van der Waals surface area contributed by atoms with E-state index in [0.717, 1.165) is 22.4 Å². The molecule has 0 saturated carbocycles. The zero-order chi connectivity index (χ0) is 21.8. The number of nitrogens with zero attached hydrogens (tertiary/aromatic N) is 1. The first-order valence-electron chi connectivity index (χ1n) is 10.4. The molecule has 6 heteroatoms. The molecule has 0 N–H and O–H groups in total. The summed E-state index contributed by atoms with van der Waals surface area (Å²) in [5.74, 6) is -1.05. The fourth-order valence-electron chi connectivity index (χ4n) is 3.93. The van der Waals surface area contributed by atoms with E-state index in [1.165, 1.54) is 12.1 Å². The molecule has 1 aliphatic rings. The third kappa shape index (κ3) is 4.22. The maximum absolute atomic E-state index is 14.2. The first-order valence-corrected chi connectivity index (χ1v) is 12.0. The predicted octanol–water partition coefficient (Wildman–Crippen LogP) is 7.11. The minimum atomic E-state index is -3.63. The normalized spacial score (nSPS) is 16.0. The first-order chi connectivity index (χ1) is 15.1. The second kappa shape index (κ2) is 9.19. The Balaban J connectivity index is 2.00. The number of hydrogen-bond acceptors (Lipinski definition) is 4. The SMILES string of the molecule is CCOP(=O)(OCC)C1c2ccccc2C=C(c2ccccc2)N1c1ccc(F)cc1. The molecule has 1 atom stereocenters. The molecule has 0 fully saturated rings. The number of anilines is 1. The highest BCUT2D eigenvalue weighted by atomic mass is 31.2. The van der Waals surface area contributed by atoms with Crippen molar-refractivity contribution in [1.82, 2.24) is 0 Å². The molecule has 1 aliphatic heterocycles. The summed E-state index contributed by atoms with van der Waals surface area (Å²) in [5, 5.41) is 0. The molecule has 0 spiro atoms. The number of hydrogen-bond donors (Lipinski definition) is 0. The van der Waals surface area contributed by atoms with Crippen LogP contribution in [0.15, 0.2) is 78.9 Å². The molecule has 0 radical (unpaired) electrons. The molecular weight excluding hydrogens is 412 g/mol. The fraction of sp³-hybridized carbons (Fsp3) is 0.200. The molecular formula is C25H25FNO3P. The smallest absolute Gasteiger partial charge is 0.322 e. The minimum absolute atomic E-state index is 0.248. The van der Waals surface area contributed by atoms with Crippen LogP contribution in [0, 0.1) is 5.82 Å². The molecule has 0 bridgehead atoms. The van der Waals surface area contributed by atoms with Gasteiger partial charge in [0.1, 0.15) is 5.82 Å². The summed E-state index contributed by atoms with van der Waals surface area (Å²) in [7, 11) is -3.63. The summed E-state index contributed by atoms with van der Waals surface area (Å²) in [6, 6.07) is 23.9. The maximum Gasteiger partial charge on any atom is 0.357 e. The van der Waals surface area contributed by atoms with Crippen LogP contribution in [0.5, 0.6) is 0 Å². The van der Waals surface area contributed by atoms with Crippen molar-refractivity contribution in [2.75, 3.05) is 18.1 Å². The molecule has 160 valence electrons. The molecule has 4 rings (SSSR count). The van der Waals surface area contributed by atoms with E-state index >= 15 is 0 Å². The van der Waals surface area contributed by atoms with Gasteiger partial charge in [0, 0.05) is 5.69 Å². The summed E-state index contributed by atoms with van der Waals surface area (Å²) in [4.78, 5) is 1.95. The number of benzene rings is 3. The lowest BCUT2D eigenvalue weighted by atomic mass is 9.97. The Morgan fingerprint density at radius 2 is 1.48 bits per heavy atom. The summed E-state index contributed by atoms with van der Waals surface area (Å²) in [6.45, 7) is 4.10. The van der Waals surface area contributed by atoms with Crippen LogP contribution in [-0.4, -0.2) is 13.2 Å². The largest absolute Gasteiger partial charge is 0.357 e. The zero-order valence-corrected chi connectivity index (χ0v) is 18.5. The molecule has 31 heavy (non-hydrogen) atoms. The van der Waals surface area contributed by atoms with Crippen LogP contribution >= 0.6 is 7.60 Å². The van der Waals surface area contributed by atoms with Crippen molar-refractivity contribution in [1.29, 1.82) is 0 Å². The highest BCUT2D eigenvalue weighted by Gasteiger charge is 2.45. The quantitative estimate of drug-likeness (QED) is 0.369. The molecule has 1 unspecified atom stereocenters. The second-order valence-electron chi connectivity index (χ2n) is 7.12. The molecule has 1 heterocycles. The van der Waals surface area contributed by atoms with Crippen molar-refractivity contribution in [2.24, 2.45) is 0 Å². The molecule has 3 aromatic carbocycles. The van der Waals surface area contributed by atoms with Crippen LogP contribution in [0.2, 0.25) is 0 Å². The summed E-state index contributed by atoms with van der Waals surface area (Å²) < 4.78 is 39.6. The van der Waals surface area contributed by atoms with E-state index < -0.39 is 13.4 Å². The van der Waals surface area contributed by atoms with Crippen molar-refractivity contribution in [3.8, 4) is 0 Å². The summed E-state index contributed by atoms with van der Waals surface area (Å²) in [5.41, 5.74) is 4.29. The van der Waals surface area contributed by atoms with Gasteiger partial charge in [0.25, 0.3) is 0 Å². The van der Waals surface area contributed by atoms with Crippen LogP contribution in [0.1, 0.15) is 36.3 Å². The van der Waals surface area contributed by atoms with E-state index in [1.54, 1.807) is 26.0 Å². The Labute approximate surface area is 182 Å². The molecule has 0 saturated heterocycles. The molecule has 0 aliphatic carbocycles. The van der Waals surface area contributed by atoms with Gasteiger partial charge in [-0.25, -0.2) is 4.39 Å². The summed E-state index contributed by atoms with van der Waals surface area (Å²) >= 11 is 0. The van der Waals surface area contributed by atoms with Gasteiger partial charge >= 0.3 is 7.60 Å². The van der Waals surface area contributed by atoms with Gasteiger partial charge in [0.05, 0.1) is 18.9 Å². The molecule has 4 nitrogen and oxygen atoms in total. The Bertz CT molecular complexity index is 1110. The topological polar surface area (TPSA) is 38.8 Å². The van der Waals surface area contributed by atoms with Gasteiger partial charge in [0.2, 0.25) is 0 Å². The minimum Gasteiger partial charge on any atom is -0.322 e. The van der Waals surface area contributed by atoms with Crippen LogP contribution in [0.25, 0.3) is 11.8 Å². The highest BCUT2D eigenvalue weighted by molar-refractivity contribution is 7.54. The number of rotatable bonds is 7. The second-order valence-corrected chi connectivity index (χ2v) is 9.21. The van der Waals surface area contributed by atoms with Gasteiger partial charge in [-0.05, 0) is 60.9 Å². The van der Waals surface area contributed by atoms with Crippen LogP contribution < -0.4 is 4.90 Å². The lowest BCUT2D eigenvalue weighted by Crippen LogP contribution is -2.31. The monoisotopic (exact) mass is 437 g/mol. The van der Waals surface area contributed by atoms with Crippen LogP contribution in [0.4, 0.5) is 10.1 Å². The van der Waals surface area contributed by atoms with Crippen molar-refractivity contribution in [3.63, 3.8) is 0 Å². The van der Waals surface area contributed by atoms with Crippen molar-refractivity contribution in [3.05, 3.63) is 101 Å². The lowest BCUT2D eigenvalue weighted by Gasteiger charge is -2.42. The standard InChI is InChI=1S/C25H25FNO3P/c1-3-29-31(28,30-4-2)25-23-13-9-8-12-20(23)18-24(19-10-6-5-7-11-19)27(25)22-16-14-21(26)15-17-22/h5-18,25H,3-4H2,1-2H3. The van der Waals surface area contributed by atoms with Gasteiger partial charge in [0.15, 0.2) is 5.78 Å². The summed E-state index contributed by atoms with van der Waals surface area (Å²) in [6.07, 6.45) is 2.06. The van der Waals surface area contributed by atoms with E-state index in [2.05, 4.69) is 6.08 Å². The average Bonchev–Trinajstić information content (AvgIpc) is 2.79. The first kappa shape index (κ1) is 21.5. The van der Waals surface area contributed by atoms with Gasteiger partial charge in [-0.1, -0.05) is 54.6 Å². The Morgan fingerprint density at radius 1 is 0.871 bits per heavy atom. The van der Waals surface area contributed by atoms with Crippen LogP contribution in [-0.2, 0) is 13.6 Å². The average molecular weight is 437 g/mol. The zero-order valence-electron chi connectivity index (χ0n) is 17.6. The van der Waals surface area contributed by atoms with Crippen molar-refractivity contribution >= 4 is 25.1 Å². The maximum atomic E-state index is 14.2. The Hall–Kier alpha value is -2.72. The van der Waals surface area contributed by atoms with Crippen molar-refractivity contribution in [2.45, 2.75) is 19.6 Å². The molecule has 0 aromatic heterocycles. The van der Waals surface area contributed by atoms with Gasteiger partial charge in [-0.15, -0.1) is 0 Å². The van der Waals surface area contributed by atoms with E-state index in [4.69, 9.17) is 9.05 Å². The van der Waals surface area contributed by atoms with Gasteiger partial charge in [-0.2, -0.15) is 0 Å². The van der Waals surface area contributed by atoms with Gasteiger partial charge < -0.3 is 13.9 Å². The molecule has 0 amide bonds. The highest BCUT2D eigenvalue weighted by Crippen LogP contribution is 2.65. The lowest BCUT2D eigenvalue weighted by molar-refractivity contribution is 0.212. The fourth-order valence-corrected chi connectivity index (χ4v) is 6.12. The third-order valence-electron chi connectivity index (χ3n) is 5.16. The van der Waals surface area contributed by atoms with Crippen LogP contribution in [0.3, 0.4) is 0 Å². The Kier molecular flexibility index (Phi) is 6.38. The van der Waals surface area contributed by atoms with Crippen molar-refractivity contribution < 1.29 is 18.0 Å². The number of fused-ring (bicyclic) bond motifs is 1. The predicted molar refractivity (Wildman–Crippen MR) is 123 cm³/mol.